The van der Waals surface area contributed by atoms with Crippen molar-refractivity contribution in [3.63, 3.8) is 0 Å². The van der Waals surface area contributed by atoms with Gasteiger partial charge in [-0.15, -0.1) is 0 Å². The molecule has 0 spiro atoms. The molecular weight excluding hydrogens is 546 g/mol. The van der Waals surface area contributed by atoms with Crippen molar-refractivity contribution in [2.75, 3.05) is 0 Å². The lowest BCUT2D eigenvalue weighted by Gasteiger charge is -2.04. The van der Waals surface area contributed by atoms with Gasteiger partial charge in [-0.1, -0.05) is 30.4 Å². The minimum Gasteiger partial charge on any atom is -0.436 e. The Balaban J connectivity index is 1.19. The lowest BCUT2D eigenvalue weighted by Crippen LogP contribution is -2.03. The fraction of sp³-hybridized carbons (Fsp3) is 0.0968. The van der Waals surface area contributed by atoms with Crippen LogP contribution in [-0.4, -0.2) is 9.97 Å². The maximum atomic E-state index is 13.0. The van der Waals surface area contributed by atoms with E-state index in [0.717, 1.165) is 41.0 Å². The van der Waals surface area contributed by atoms with E-state index < -0.39 is 23.5 Å². The largest absolute Gasteiger partial charge is 0.436 e. The molecule has 0 amide bonds. The SMILES string of the molecule is Cc1cc(-c2nc3cc(C(F)(F)F)ccc3o2)ccc1C=Cc1ccc(-c2nc3cc(C(F)(F)F)ccc3o2)cc1. The molecule has 0 radical (unpaired) electrons. The number of oxazole rings is 2. The van der Waals surface area contributed by atoms with Gasteiger partial charge in [-0.3, -0.25) is 0 Å². The Kier molecular flexibility index (Phi) is 6.21. The summed E-state index contributed by atoms with van der Waals surface area (Å²) < 4.78 is 89.3. The summed E-state index contributed by atoms with van der Waals surface area (Å²) in [5.74, 6) is 0.442. The Hall–Kier alpha value is -4.86. The first kappa shape index (κ1) is 26.4. The fourth-order valence-electron chi connectivity index (χ4n) is 4.37. The molecule has 206 valence electrons. The van der Waals surface area contributed by atoms with Crippen LogP contribution >= 0.6 is 0 Å². The third-order valence-corrected chi connectivity index (χ3v) is 6.56. The number of alkyl halides is 6. The summed E-state index contributed by atoms with van der Waals surface area (Å²) >= 11 is 0. The smallest absolute Gasteiger partial charge is 0.416 e. The van der Waals surface area contributed by atoms with Crippen LogP contribution in [0, 0.1) is 6.92 Å². The van der Waals surface area contributed by atoms with Crippen LogP contribution in [0.25, 0.3) is 57.3 Å². The first-order chi connectivity index (χ1) is 19.4. The predicted octanol–water partition coefficient (Wildman–Crippen LogP) is 9.82. The number of hydrogen-bond donors (Lipinski definition) is 0. The van der Waals surface area contributed by atoms with Gasteiger partial charge in [0.15, 0.2) is 11.2 Å². The van der Waals surface area contributed by atoms with Gasteiger partial charge in [0, 0.05) is 11.1 Å². The number of nitrogens with zero attached hydrogens (tertiary/aromatic N) is 2. The first-order valence-electron chi connectivity index (χ1n) is 12.3. The zero-order chi connectivity index (χ0) is 28.9. The minimum absolute atomic E-state index is 0.127. The molecule has 0 fully saturated rings. The van der Waals surface area contributed by atoms with Gasteiger partial charge in [0.1, 0.15) is 11.0 Å². The van der Waals surface area contributed by atoms with Gasteiger partial charge in [0.2, 0.25) is 11.8 Å². The Morgan fingerprint density at radius 2 is 1.10 bits per heavy atom. The normalized spacial score (nSPS) is 12.7. The van der Waals surface area contributed by atoms with Crippen molar-refractivity contribution in [2.45, 2.75) is 19.3 Å². The zero-order valence-electron chi connectivity index (χ0n) is 21.1. The van der Waals surface area contributed by atoms with Gasteiger partial charge in [-0.2, -0.15) is 26.3 Å². The number of aromatic nitrogens is 2. The van der Waals surface area contributed by atoms with E-state index in [2.05, 4.69) is 9.97 Å². The maximum absolute atomic E-state index is 13.0. The fourth-order valence-corrected chi connectivity index (χ4v) is 4.37. The van der Waals surface area contributed by atoms with Crippen molar-refractivity contribution in [1.82, 2.24) is 9.97 Å². The van der Waals surface area contributed by atoms with Gasteiger partial charge in [-0.05, 0) is 84.3 Å². The van der Waals surface area contributed by atoms with E-state index in [1.54, 1.807) is 18.2 Å². The molecular formula is C31H18F6N2O2. The van der Waals surface area contributed by atoms with Gasteiger partial charge in [0.25, 0.3) is 0 Å². The van der Waals surface area contributed by atoms with Crippen LogP contribution in [0.5, 0.6) is 0 Å². The topological polar surface area (TPSA) is 52.1 Å². The Morgan fingerprint density at radius 3 is 1.61 bits per heavy atom. The summed E-state index contributed by atoms with van der Waals surface area (Å²) in [4.78, 5) is 8.44. The predicted molar refractivity (Wildman–Crippen MR) is 143 cm³/mol. The van der Waals surface area contributed by atoms with E-state index in [0.29, 0.717) is 11.1 Å². The second kappa shape index (κ2) is 9.65. The highest BCUT2D eigenvalue weighted by atomic mass is 19.4. The van der Waals surface area contributed by atoms with Gasteiger partial charge < -0.3 is 8.83 Å². The Labute approximate surface area is 228 Å². The standard InChI is InChI=1S/C31H18F6N2O2/c1-17-14-21(29-39-25-16-23(31(35,36)37)11-13-27(25)41-29)9-8-19(17)5-2-18-3-6-20(7-4-18)28-38-24-15-22(30(32,33)34)10-12-26(24)40-28/h2-16H,1H3. The number of halogens is 6. The number of benzene rings is 4. The molecule has 0 aliphatic heterocycles. The molecule has 6 aromatic rings. The summed E-state index contributed by atoms with van der Waals surface area (Å²) in [7, 11) is 0. The maximum Gasteiger partial charge on any atom is 0.416 e. The molecule has 6 rings (SSSR count). The van der Waals surface area contributed by atoms with Crippen LogP contribution in [0.1, 0.15) is 27.8 Å². The summed E-state index contributed by atoms with van der Waals surface area (Å²) in [5.41, 5.74) is 3.14. The molecule has 0 unspecified atom stereocenters. The molecule has 0 saturated carbocycles. The molecule has 4 aromatic carbocycles. The second-order valence-corrected chi connectivity index (χ2v) is 9.43. The quantitative estimate of drug-likeness (QED) is 0.158. The Morgan fingerprint density at radius 1 is 0.585 bits per heavy atom. The van der Waals surface area contributed by atoms with Crippen molar-refractivity contribution < 1.29 is 35.2 Å². The molecule has 0 bridgehead atoms. The monoisotopic (exact) mass is 564 g/mol. The number of aryl methyl sites for hydroxylation is 1. The molecule has 41 heavy (non-hydrogen) atoms. The van der Waals surface area contributed by atoms with Gasteiger partial charge in [-0.25, -0.2) is 9.97 Å². The van der Waals surface area contributed by atoms with E-state index >= 15 is 0 Å². The van der Waals surface area contributed by atoms with Crippen molar-refractivity contribution in [2.24, 2.45) is 0 Å². The van der Waals surface area contributed by atoms with Crippen LogP contribution in [-0.2, 0) is 12.4 Å². The summed E-state index contributed by atoms with van der Waals surface area (Å²) in [5, 5.41) is 0. The lowest BCUT2D eigenvalue weighted by atomic mass is 10.0. The molecule has 10 heteroatoms. The van der Waals surface area contributed by atoms with Crippen LogP contribution in [0.2, 0.25) is 0 Å². The van der Waals surface area contributed by atoms with E-state index in [1.165, 1.54) is 12.1 Å². The van der Waals surface area contributed by atoms with Crippen LogP contribution < -0.4 is 0 Å². The average molecular weight is 564 g/mol. The number of rotatable bonds is 4. The second-order valence-electron chi connectivity index (χ2n) is 9.43. The average Bonchev–Trinajstić information content (AvgIpc) is 3.55. The van der Waals surface area contributed by atoms with Crippen molar-refractivity contribution in [3.8, 4) is 22.9 Å². The molecule has 4 nitrogen and oxygen atoms in total. The van der Waals surface area contributed by atoms with E-state index in [1.807, 2.05) is 43.3 Å². The number of fused-ring (bicyclic) bond motifs is 2. The van der Waals surface area contributed by atoms with Crippen LogP contribution in [0.15, 0.2) is 87.7 Å². The third kappa shape index (κ3) is 5.32. The van der Waals surface area contributed by atoms with Crippen molar-refractivity contribution in [3.05, 3.63) is 107 Å². The van der Waals surface area contributed by atoms with E-state index in [-0.39, 0.29) is 34.0 Å². The van der Waals surface area contributed by atoms with E-state index in [4.69, 9.17) is 8.83 Å². The molecule has 0 aliphatic rings. The minimum atomic E-state index is -4.47. The molecule has 2 aromatic heterocycles. The summed E-state index contributed by atoms with van der Waals surface area (Å²) in [6, 6.07) is 19.0. The zero-order valence-corrected chi connectivity index (χ0v) is 21.1. The summed E-state index contributed by atoms with van der Waals surface area (Å²) in [6.45, 7) is 1.90. The molecule has 0 atom stereocenters. The molecule has 2 heterocycles. The summed E-state index contributed by atoms with van der Waals surface area (Å²) in [6.07, 6.45) is -5.12. The highest BCUT2D eigenvalue weighted by molar-refractivity contribution is 5.79. The van der Waals surface area contributed by atoms with E-state index in [9.17, 15) is 26.3 Å². The molecule has 0 N–H and O–H groups in total. The highest BCUT2D eigenvalue weighted by Crippen LogP contribution is 2.34. The van der Waals surface area contributed by atoms with Crippen molar-refractivity contribution in [1.29, 1.82) is 0 Å². The number of hydrogen-bond acceptors (Lipinski definition) is 4. The van der Waals surface area contributed by atoms with Gasteiger partial charge in [0.05, 0.1) is 11.1 Å². The van der Waals surface area contributed by atoms with Crippen LogP contribution in [0.3, 0.4) is 0 Å². The van der Waals surface area contributed by atoms with Crippen LogP contribution in [0.4, 0.5) is 26.3 Å². The Bertz CT molecular complexity index is 1930. The van der Waals surface area contributed by atoms with Gasteiger partial charge >= 0.3 is 12.4 Å². The third-order valence-electron chi connectivity index (χ3n) is 6.56. The highest BCUT2D eigenvalue weighted by Gasteiger charge is 2.32. The first-order valence-corrected chi connectivity index (χ1v) is 12.3. The lowest BCUT2D eigenvalue weighted by molar-refractivity contribution is -0.138. The molecule has 0 aliphatic carbocycles. The molecule has 0 saturated heterocycles. The van der Waals surface area contributed by atoms with Crippen molar-refractivity contribution >= 4 is 34.4 Å².